The topological polar surface area (TPSA) is 27.2 Å². The van der Waals surface area contributed by atoms with E-state index in [0.29, 0.717) is 0 Å². The van der Waals surface area contributed by atoms with Gasteiger partial charge in [0.15, 0.2) is 0 Å². The molecule has 12 rings (SSSR count). The fourth-order valence-electron chi connectivity index (χ4n) is 8.77. The average Bonchev–Trinajstić information content (AvgIpc) is 3.88. The van der Waals surface area contributed by atoms with Crippen LogP contribution in [-0.4, -0.2) is 18.5 Å². The molecule has 0 atom stereocenters. The van der Waals surface area contributed by atoms with E-state index in [4.69, 9.17) is 4.98 Å². The van der Waals surface area contributed by atoms with Crippen molar-refractivity contribution in [2.75, 3.05) is 0 Å². The summed E-state index contributed by atoms with van der Waals surface area (Å²) >= 11 is 0. The maximum atomic E-state index is 4.82. The van der Waals surface area contributed by atoms with Gasteiger partial charge >= 0.3 is 0 Å². The van der Waals surface area contributed by atoms with Crippen molar-refractivity contribution in [2.45, 2.75) is 0 Å². The van der Waals surface area contributed by atoms with E-state index in [0.717, 1.165) is 22.5 Å². The van der Waals surface area contributed by atoms with Crippen molar-refractivity contribution in [3.63, 3.8) is 0 Å². The van der Waals surface area contributed by atoms with Gasteiger partial charge in [-0.3, -0.25) is 4.57 Å². The maximum Gasteiger partial charge on any atom is 0.145 e. The third kappa shape index (κ3) is 3.16. The molecule has 0 aliphatic heterocycles. The first kappa shape index (κ1) is 25.4. The molecule has 0 saturated carbocycles. The van der Waals surface area contributed by atoms with Crippen LogP contribution in [0.4, 0.5) is 0 Å². The minimum atomic E-state index is 0.973. The van der Waals surface area contributed by atoms with E-state index in [-0.39, 0.29) is 0 Å². The quantitative estimate of drug-likeness (QED) is 0.188. The molecule has 4 nitrogen and oxygen atoms in total. The second-order valence-electron chi connectivity index (χ2n) is 13.2. The fraction of sp³-hybridized carbons (Fsp3) is 0. The van der Waals surface area contributed by atoms with Crippen molar-refractivity contribution in [3.8, 4) is 11.4 Å². The van der Waals surface area contributed by atoms with E-state index in [9.17, 15) is 0 Å². The monoisotopic (exact) mass is 622 g/mol. The van der Waals surface area contributed by atoms with Crippen LogP contribution in [0.3, 0.4) is 0 Å². The van der Waals surface area contributed by atoms with E-state index in [2.05, 4.69) is 159 Å². The zero-order valence-electron chi connectivity index (χ0n) is 26.3. The first-order valence-corrected chi connectivity index (χ1v) is 16.8. The standard InChI is InChI=1S/C45H26N4/c1-2-11-28-25-41-37(24-27(28)10-1)42-43-35(26-36-33-14-5-8-18-40(33)49(41)44(36)42)32-13-4-6-16-38(32)47(43)29-19-21-30(22-20-29)48-39-17-7-3-12-31(39)34-15-9-23-46-45(34)48/h1-26H. The van der Waals surface area contributed by atoms with Crippen LogP contribution in [0.5, 0.6) is 0 Å². The molecular formula is C45H26N4. The number of nitrogens with zero attached hydrogens (tertiary/aromatic N) is 4. The van der Waals surface area contributed by atoms with Crippen molar-refractivity contribution >= 4 is 92.6 Å². The highest BCUT2D eigenvalue weighted by Crippen LogP contribution is 2.47. The molecule has 0 aliphatic rings. The van der Waals surface area contributed by atoms with Gasteiger partial charge in [-0.15, -0.1) is 0 Å². The number of pyridine rings is 1. The number of hydrogen-bond donors (Lipinski definition) is 0. The van der Waals surface area contributed by atoms with Crippen LogP contribution in [0.2, 0.25) is 0 Å². The zero-order chi connectivity index (χ0) is 31.8. The van der Waals surface area contributed by atoms with Crippen molar-refractivity contribution in [2.24, 2.45) is 0 Å². The Balaban J connectivity index is 1.22. The second-order valence-corrected chi connectivity index (χ2v) is 13.2. The smallest absolute Gasteiger partial charge is 0.145 e. The summed E-state index contributed by atoms with van der Waals surface area (Å²) in [4.78, 5) is 4.82. The number of para-hydroxylation sites is 3. The van der Waals surface area contributed by atoms with Crippen molar-refractivity contribution in [3.05, 3.63) is 158 Å². The Labute approximate surface area is 279 Å². The summed E-state index contributed by atoms with van der Waals surface area (Å²) in [6.45, 7) is 0. The van der Waals surface area contributed by atoms with Crippen molar-refractivity contribution in [1.82, 2.24) is 18.5 Å². The van der Waals surface area contributed by atoms with Gasteiger partial charge in [-0.25, -0.2) is 4.98 Å². The predicted octanol–water partition coefficient (Wildman–Crippen LogP) is 11.6. The molecule has 0 aliphatic carbocycles. The Bertz CT molecular complexity index is 3270. The number of benzene rings is 7. The van der Waals surface area contributed by atoms with Crippen LogP contribution in [0.15, 0.2) is 158 Å². The van der Waals surface area contributed by atoms with Crippen LogP contribution in [0.25, 0.3) is 104 Å². The molecule has 12 aromatic rings. The summed E-state index contributed by atoms with van der Waals surface area (Å²) < 4.78 is 7.27. The molecule has 0 bridgehead atoms. The fourth-order valence-corrected chi connectivity index (χ4v) is 8.77. The highest BCUT2D eigenvalue weighted by atomic mass is 15.0. The van der Waals surface area contributed by atoms with Gasteiger partial charge in [0.2, 0.25) is 0 Å². The van der Waals surface area contributed by atoms with Gasteiger partial charge in [0, 0.05) is 60.7 Å². The minimum Gasteiger partial charge on any atom is -0.309 e. The van der Waals surface area contributed by atoms with Gasteiger partial charge in [0.25, 0.3) is 0 Å². The molecule has 0 amide bonds. The summed E-state index contributed by atoms with van der Waals surface area (Å²) in [5.74, 6) is 0. The van der Waals surface area contributed by atoms with Crippen LogP contribution in [0, 0.1) is 0 Å². The van der Waals surface area contributed by atoms with Gasteiger partial charge in [-0.2, -0.15) is 0 Å². The van der Waals surface area contributed by atoms with Crippen LogP contribution in [0.1, 0.15) is 0 Å². The molecule has 49 heavy (non-hydrogen) atoms. The molecule has 0 saturated heterocycles. The molecule has 7 aromatic carbocycles. The summed E-state index contributed by atoms with van der Waals surface area (Å²) in [6, 6.07) is 55.5. The first-order valence-electron chi connectivity index (χ1n) is 16.8. The maximum absolute atomic E-state index is 4.82. The molecule has 0 unspecified atom stereocenters. The summed E-state index contributed by atoms with van der Waals surface area (Å²) in [5, 5.41) is 12.6. The first-order chi connectivity index (χ1) is 24.3. The molecule has 0 spiro atoms. The van der Waals surface area contributed by atoms with Gasteiger partial charge < -0.3 is 8.97 Å². The lowest BCUT2D eigenvalue weighted by atomic mass is 10.0. The Morgan fingerprint density at radius 1 is 0.367 bits per heavy atom. The molecule has 0 radical (unpaired) electrons. The number of rotatable bonds is 2. The Hall–Kier alpha value is -6.65. The van der Waals surface area contributed by atoms with Gasteiger partial charge in [0.05, 0.1) is 33.1 Å². The Kier molecular flexibility index (Phi) is 4.69. The number of fused-ring (bicyclic) bond motifs is 14. The minimum absolute atomic E-state index is 0.973. The Morgan fingerprint density at radius 2 is 0.918 bits per heavy atom. The largest absolute Gasteiger partial charge is 0.309 e. The molecule has 5 aromatic heterocycles. The normalized spacial score (nSPS) is 12.5. The molecule has 0 N–H and O–H groups in total. The van der Waals surface area contributed by atoms with Gasteiger partial charge in [-0.05, 0) is 83.6 Å². The average molecular weight is 623 g/mol. The van der Waals surface area contributed by atoms with Crippen molar-refractivity contribution < 1.29 is 0 Å². The van der Waals surface area contributed by atoms with E-state index in [1.807, 2.05) is 12.3 Å². The van der Waals surface area contributed by atoms with Crippen molar-refractivity contribution in [1.29, 1.82) is 0 Å². The number of aromatic nitrogens is 4. The lowest BCUT2D eigenvalue weighted by Gasteiger charge is -2.12. The van der Waals surface area contributed by atoms with Crippen LogP contribution in [-0.2, 0) is 0 Å². The Morgan fingerprint density at radius 3 is 1.67 bits per heavy atom. The van der Waals surface area contributed by atoms with Gasteiger partial charge in [0.1, 0.15) is 5.65 Å². The van der Waals surface area contributed by atoms with Crippen LogP contribution < -0.4 is 0 Å². The highest BCUT2D eigenvalue weighted by molar-refractivity contribution is 6.34. The SMILES string of the molecule is c1ccc2cc3c(cc2c1)c1c2c(cc4c5ccccc5n3c41)c1ccccc1n2-c1ccc(-n2c3ccccc3c3cccnc32)cc1. The number of hydrogen-bond acceptors (Lipinski definition) is 1. The predicted molar refractivity (Wildman–Crippen MR) is 205 cm³/mol. The van der Waals surface area contributed by atoms with E-state index in [1.54, 1.807) is 0 Å². The highest BCUT2D eigenvalue weighted by Gasteiger charge is 2.24. The van der Waals surface area contributed by atoms with E-state index < -0.39 is 0 Å². The summed E-state index contributed by atoms with van der Waals surface area (Å²) in [7, 11) is 0. The molecule has 0 fully saturated rings. The lowest BCUT2D eigenvalue weighted by Crippen LogP contribution is -1.98. The zero-order valence-corrected chi connectivity index (χ0v) is 26.3. The molecule has 226 valence electrons. The van der Waals surface area contributed by atoms with E-state index >= 15 is 0 Å². The van der Waals surface area contributed by atoms with Crippen LogP contribution >= 0.6 is 0 Å². The lowest BCUT2D eigenvalue weighted by molar-refractivity contribution is 1.12. The molecule has 5 heterocycles. The third-order valence-corrected chi connectivity index (χ3v) is 10.8. The summed E-state index contributed by atoms with van der Waals surface area (Å²) in [5.41, 5.74) is 10.6. The second kappa shape index (κ2) is 9.03. The molecule has 4 heteroatoms. The van der Waals surface area contributed by atoms with E-state index in [1.165, 1.54) is 81.4 Å². The molecular weight excluding hydrogens is 597 g/mol. The third-order valence-electron chi connectivity index (χ3n) is 10.8. The van der Waals surface area contributed by atoms with Gasteiger partial charge in [-0.1, -0.05) is 78.9 Å². The summed E-state index contributed by atoms with van der Waals surface area (Å²) in [6.07, 6.45) is 1.88.